The third kappa shape index (κ3) is 5.17. The third-order valence-electron chi connectivity index (χ3n) is 4.33. The van der Waals surface area contributed by atoms with Crippen molar-refractivity contribution in [2.45, 2.75) is 18.9 Å². The second kappa shape index (κ2) is 8.44. The second-order valence-corrected chi connectivity index (χ2v) is 8.58. The number of hydrogen-bond donors (Lipinski definition) is 4. The Kier molecular flexibility index (Phi) is 5.54. The average Bonchev–Trinajstić information content (AvgIpc) is 3.27. The van der Waals surface area contributed by atoms with Gasteiger partial charge in [-0.05, 0) is 50.2 Å². The van der Waals surface area contributed by atoms with Crippen LogP contribution in [0.1, 0.15) is 11.3 Å². The van der Waals surface area contributed by atoms with Gasteiger partial charge in [0.15, 0.2) is 5.03 Å². The van der Waals surface area contributed by atoms with Crippen molar-refractivity contribution in [3.63, 3.8) is 0 Å². The van der Waals surface area contributed by atoms with Crippen molar-refractivity contribution in [2.75, 3.05) is 15.4 Å². The zero-order chi connectivity index (χ0) is 21.8. The van der Waals surface area contributed by atoms with E-state index in [1.54, 1.807) is 24.3 Å². The maximum Gasteiger partial charge on any atom is 0.278 e. The summed E-state index contributed by atoms with van der Waals surface area (Å²) in [5.41, 5.74) is 4.06. The summed E-state index contributed by atoms with van der Waals surface area (Å²) in [6.45, 7) is 3.92. The lowest BCUT2D eigenvalue weighted by Crippen LogP contribution is -2.13. The lowest BCUT2D eigenvalue weighted by Gasteiger charge is -2.11. The standard InChI is InChI=1S/C21H21N7O2S/c1-14-3-5-17(6-4-14)26-21-24-15(2)11-19(27-21)25-16-7-9-18(10-8-16)28-31(29,30)20-12-22-13-23-20/h3-13,28H,1-2H3,(H,22,23)(H2,24,25,26,27). The molecule has 0 radical (unpaired) electrons. The minimum Gasteiger partial charge on any atom is -0.340 e. The average molecular weight is 436 g/mol. The van der Waals surface area contributed by atoms with Crippen LogP contribution in [-0.2, 0) is 10.0 Å². The number of H-pyrrole nitrogens is 1. The van der Waals surface area contributed by atoms with Crippen molar-refractivity contribution in [1.82, 2.24) is 19.9 Å². The summed E-state index contributed by atoms with van der Waals surface area (Å²) in [6.07, 6.45) is 2.56. The lowest BCUT2D eigenvalue weighted by molar-refractivity contribution is 0.598. The van der Waals surface area contributed by atoms with Crippen molar-refractivity contribution in [1.29, 1.82) is 0 Å². The largest absolute Gasteiger partial charge is 0.340 e. The predicted molar refractivity (Wildman–Crippen MR) is 120 cm³/mol. The Labute approximate surface area is 180 Å². The van der Waals surface area contributed by atoms with Crippen LogP contribution in [0, 0.1) is 13.8 Å². The molecule has 0 bridgehead atoms. The maximum atomic E-state index is 12.3. The topological polar surface area (TPSA) is 125 Å². The van der Waals surface area contributed by atoms with E-state index in [-0.39, 0.29) is 5.03 Å². The SMILES string of the molecule is Cc1ccc(Nc2nc(C)cc(Nc3ccc(NS(=O)(=O)c4cnc[nH]4)cc3)n2)cc1. The molecule has 0 aliphatic carbocycles. The van der Waals surface area contributed by atoms with Crippen molar-refractivity contribution in [3.8, 4) is 0 Å². The van der Waals surface area contributed by atoms with Crippen LogP contribution < -0.4 is 15.4 Å². The summed E-state index contributed by atoms with van der Waals surface area (Å²) in [4.78, 5) is 15.2. The number of sulfonamides is 1. The van der Waals surface area contributed by atoms with E-state index in [0.29, 0.717) is 17.5 Å². The molecule has 9 nitrogen and oxygen atoms in total. The van der Waals surface area contributed by atoms with Crippen LogP contribution in [0.2, 0.25) is 0 Å². The van der Waals surface area contributed by atoms with Crippen LogP contribution in [0.15, 0.2) is 72.1 Å². The minimum atomic E-state index is -3.70. The smallest absolute Gasteiger partial charge is 0.278 e. The second-order valence-electron chi connectivity index (χ2n) is 6.93. The molecule has 31 heavy (non-hydrogen) atoms. The van der Waals surface area contributed by atoms with E-state index in [9.17, 15) is 8.42 Å². The number of aromatic nitrogens is 4. The van der Waals surface area contributed by atoms with Crippen molar-refractivity contribution < 1.29 is 8.42 Å². The fourth-order valence-corrected chi connectivity index (χ4v) is 3.79. The molecule has 4 aromatic rings. The highest BCUT2D eigenvalue weighted by molar-refractivity contribution is 7.92. The van der Waals surface area contributed by atoms with Gasteiger partial charge in [0.1, 0.15) is 5.82 Å². The van der Waals surface area contributed by atoms with E-state index in [1.807, 2.05) is 44.2 Å². The van der Waals surface area contributed by atoms with Crippen LogP contribution in [0.4, 0.5) is 28.8 Å². The van der Waals surface area contributed by atoms with Crippen molar-refractivity contribution >= 4 is 38.9 Å². The van der Waals surface area contributed by atoms with E-state index >= 15 is 0 Å². The van der Waals surface area contributed by atoms with E-state index in [1.165, 1.54) is 18.1 Å². The molecule has 2 heterocycles. The van der Waals surface area contributed by atoms with Gasteiger partial charge in [0.25, 0.3) is 10.0 Å². The minimum absolute atomic E-state index is 0.000214. The van der Waals surface area contributed by atoms with Crippen LogP contribution in [0.5, 0.6) is 0 Å². The van der Waals surface area contributed by atoms with E-state index in [2.05, 4.69) is 35.3 Å². The monoisotopic (exact) mass is 435 g/mol. The molecule has 0 aliphatic heterocycles. The quantitative estimate of drug-likeness (QED) is 0.344. The Morgan fingerprint density at radius 3 is 2.16 bits per heavy atom. The summed E-state index contributed by atoms with van der Waals surface area (Å²) < 4.78 is 27.0. The van der Waals surface area contributed by atoms with Gasteiger partial charge >= 0.3 is 0 Å². The zero-order valence-corrected chi connectivity index (χ0v) is 17.7. The zero-order valence-electron chi connectivity index (χ0n) is 16.9. The summed E-state index contributed by atoms with van der Waals surface area (Å²) in [5, 5.41) is 6.41. The number of aryl methyl sites for hydroxylation is 2. The van der Waals surface area contributed by atoms with Gasteiger partial charge in [0.05, 0.1) is 12.5 Å². The predicted octanol–water partition coefficient (Wildman–Crippen LogP) is 4.10. The fourth-order valence-electron chi connectivity index (χ4n) is 2.82. The first kappa shape index (κ1) is 20.4. The molecule has 0 fully saturated rings. The number of imidazole rings is 1. The molecule has 0 atom stereocenters. The highest BCUT2D eigenvalue weighted by Crippen LogP contribution is 2.22. The summed E-state index contributed by atoms with van der Waals surface area (Å²) in [5.74, 6) is 1.10. The Morgan fingerprint density at radius 1 is 0.839 bits per heavy atom. The molecule has 4 rings (SSSR count). The van der Waals surface area contributed by atoms with Gasteiger partial charge < -0.3 is 15.6 Å². The Hall–Kier alpha value is -3.92. The molecule has 2 aromatic carbocycles. The molecular weight excluding hydrogens is 414 g/mol. The number of benzene rings is 2. The molecule has 158 valence electrons. The van der Waals surface area contributed by atoms with Crippen molar-refractivity contribution in [3.05, 3.63) is 78.4 Å². The molecule has 0 aliphatic rings. The molecule has 10 heteroatoms. The Morgan fingerprint density at radius 2 is 1.48 bits per heavy atom. The summed E-state index contributed by atoms with van der Waals surface area (Å²) in [6, 6.07) is 16.6. The van der Waals surface area contributed by atoms with Crippen LogP contribution in [0.3, 0.4) is 0 Å². The lowest BCUT2D eigenvalue weighted by atomic mass is 10.2. The number of nitrogens with zero attached hydrogens (tertiary/aromatic N) is 3. The number of rotatable bonds is 7. The van der Waals surface area contributed by atoms with Crippen LogP contribution in [-0.4, -0.2) is 28.4 Å². The normalized spacial score (nSPS) is 11.2. The third-order valence-corrected chi connectivity index (χ3v) is 5.64. The highest BCUT2D eigenvalue weighted by atomic mass is 32.2. The molecule has 0 unspecified atom stereocenters. The van der Waals surface area contributed by atoms with E-state index in [0.717, 1.165) is 17.1 Å². The highest BCUT2D eigenvalue weighted by Gasteiger charge is 2.15. The van der Waals surface area contributed by atoms with Gasteiger partial charge in [0.2, 0.25) is 5.95 Å². The molecule has 2 aromatic heterocycles. The molecular formula is C21H21N7O2S. The van der Waals surface area contributed by atoms with Gasteiger partial charge in [-0.1, -0.05) is 17.7 Å². The number of nitrogens with one attached hydrogen (secondary N) is 4. The van der Waals surface area contributed by atoms with Gasteiger partial charge in [-0.2, -0.15) is 13.4 Å². The molecule has 0 saturated heterocycles. The summed E-state index contributed by atoms with van der Waals surface area (Å²) in [7, 11) is -3.70. The fraction of sp³-hybridized carbons (Fsp3) is 0.0952. The van der Waals surface area contributed by atoms with E-state index in [4.69, 9.17) is 0 Å². The number of aromatic amines is 1. The summed E-state index contributed by atoms with van der Waals surface area (Å²) >= 11 is 0. The Balaban J connectivity index is 1.46. The number of anilines is 5. The Bertz CT molecular complexity index is 1270. The van der Waals surface area contributed by atoms with Crippen molar-refractivity contribution in [2.24, 2.45) is 0 Å². The molecule has 0 spiro atoms. The van der Waals surface area contributed by atoms with Gasteiger partial charge in [0, 0.05) is 28.8 Å². The van der Waals surface area contributed by atoms with E-state index < -0.39 is 10.0 Å². The molecule has 0 amide bonds. The molecule has 4 N–H and O–H groups in total. The maximum absolute atomic E-state index is 12.3. The first-order valence-electron chi connectivity index (χ1n) is 9.45. The molecule has 0 saturated carbocycles. The van der Waals surface area contributed by atoms with Gasteiger partial charge in [-0.3, -0.25) is 4.72 Å². The number of hydrogen-bond acceptors (Lipinski definition) is 7. The van der Waals surface area contributed by atoms with Crippen LogP contribution in [0.25, 0.3) is 0 Å². The first-order valence-corrected chi connectivity index (χ1v) is 10.9. The van der Waals surface area contributed by atoms with Crippen LogP contribution >= 0.6 is 0 Å². The first-order chi connectivity index (χ1) is 14.9. The van der Waals surface area contributed by atoms with Gasteiger partial charge in [-0.25, -0.2) is 9.97 Å². The van der Waals surface area contributed by atoms with Gasteiger partial charge in [-0.15, -0.1) is 0 Å².